The number of ether oxygens (including phenoxy) is 4. The molecule has 0 aliphatic heterocycles. The Labute approximate surface area is 321 Å². The molecular formula is C48H52N2O4. The first-order chi connectivity index (χ1) is 26.0. The first kappa shape index (κ1) is 39.1. The van der Waals surface area contributed by atoms with Crippen molar-refractivity contribution >= 4 is 60.0 Å². The fourth-order valence-corrected chi connectivity index (χ4v) is 6.13. The molecule has 0 spiro atoms. The molecule has 278 valence electrons. The van der Waals surface area contributed by atoms with Crippen molar-refractivity contribution in [3.8, 4) is 23.0 Å². The van der Waals surface area contributed by atoms with Crippen molar-refractivity contribution in [3.63, 3.8) is 0 Å². The molecule has 0 aromatic heterocycles. The third-order valence-corrected chi connectivity index (χ3v) is 9.43. The second-order valence-corrected chi connectivity index (χ2v) is 13.5. The van der Waals surface area contributed by atoms with Gasteiger partial charge in [-0.25, -0.2) is 0 Å². The summed E-state index contributed by atoms with van der Waals surface area (Å²) >= 11 is 0. The standard InChI is InChI=1S/C48H52N2O4/c1-33-27-38(20-22-42-32-46(52-8)40(30-48(42)54-10)18-12-36-15-25-44(26-16-36)50(5)6)34(2)28-37(33)19-21-41-31-45(51-7)39(29-47(41)53-9)17-11-35-13-23-43(24-14-35)49(3)4/h11-32H,1-10H3/b17-11+,18-12+,21-19+,22-20+. The Hall–Kier alpha value is -6.14. The molecule has 0 fully saturated rings. The molecule has 54 heavy (non-hydrogen) atoms. The summed E-state index contributed by atoms with van der Waals surface area (Å²) in [6.45, 7) is 4.26. The van der Waals surface area contributed by atoms with Crippen LogP contribution in [0.1, 0.15) is 55.6 Å². The van der Waals surface area contributed by atoms with E-state index in [1.54, 1.807) is 28.4 Å². The number of benzene rings is 5. The van der Waals surface area contributed by atoms with Gasteiger partial charge in [-0.15, -0.1) is 0 Å². The Morgan fingerprint density at radius 1 is 0.352 bits per heavy atom. The van der Waals surface area contributed by atoms with E-state index in [0.717, 1.165) is 90.0 Å². The number of hydrogen-bond donors (Lipinski definition) is 0. The molecule has 6 nitrogen and oxygen atoms in total. The smallest absolute Gasteiger partial charge is 0.126 e. The summed E-state index contributed by atoms with van der Waals surface area (Å²) in [5.41, 5.74) is 12.9. The zero-order valence-electron chi connectivity index (χ0n) is 33.2. The van der Waals surface area contributed by atoms with Crippen LogP contribution < -0.4 is 28.7 Å². The average molecular weight is 721 g/mol. The highest BCUT2D eigenvalue weighted by Gasteiger charge is 2.11. The Kier molecular flexibility index (Phi) is 13.1. The number of nitrogens with zero attached hydrogens (tertiary/aromatic N) is 2. The van der Waals surface area contributed by atoms with Crippen LogP contribution in [-0.4, -0.2) is 56.6 Å². The molecule has 5 aromatic carbocycles. The maximum Gasteiger partial charge on any atom is 0.126 e. The van der Waals surface area contributed by atoms with Gasteiger partial charge in [-0.2, -0.15) is 0 Å². The third kappa shape index (κ3) is 9.64. The van der Waals surface area contributed by atoms with Crippen molar-refractivity contribution in [2.24, 2.45) is 0 Å². The molecule has 0 bridgehead atoms. The van der Waals surface area contributed by atoms with Crippen LogP contribution in [0.15, 0.2) is 84.9 Å². The molecule has 5 aromatic rings. The van der Waals surface area contributed by atoms with Crippen LogP contribution in [-0.2, 0) is 0 Å². The van der Waals surface area contributed by atoms with Gasteiger partial charge in [-0.1, -0.05) is 85.0 Å². The minimum absolute atomic E-state index is 0.771. The SMILES string of the molecule is COc1cc(/C=C/c2cc(C)c(/C=C/c3cc(OC)c(/C=C/c4ccc(N(C)C)cc4)cc3OC)cc2C)c(OC)cc1/C=C/c1ccc(N(C)C)cc1. The molecule has 5 rings (SSSR count). The number of hydrogen-bond acceptors (Lipinski definition) is 6. The van der Waals surface area contributed by atoms with E-state index in [2.05, 4.69) is 133 Å². The van der Waals surface area contributed by atoms with Crippen LogP contribution in [0.4, 0.5) is 11.4 Å². The Morgan fingerprint density at radius 2 is 0.611 bits per heavy atom. The highest BCUT2D eigenvalue weighted by atomic mass is 16.5. The van der Waals surface area contributed by atoms with Gasteiger partial charge >= 0.3 is 0 Å². The number of methoxy groups -OCH3 is 4. The lowest BCUT2D eigenvalue weighted by Crippen LogP contribution is -2.07. The fourth-order valence-electron chi connectivity index (χ4n) is 6.13. The molecule has 0 atom stereocenters. The molecule has 0 saturated heterocycles. The minimum atomic E-state index is 0.771. The van der Waals surface area contributed by atoms with Gasteiger partial charge in [0, 0.05) is 61.8 Å². The van der Waals surface area contributed by atoms with Gasteiger partial charge in [0.25, 0.3) is 0 Å². The van der Waals surface area contributed by atoms with E-state index >= 15 is 0 Å². The molecule has 0 aliphatic rings. The summed E-state index contributed by atoms with van der Waals surface area (Å²) in [5.74, 6) is 3.09. The van der Waals surface area contributed by atoms with Gasteiger partial charge in [0.1, 0.15) is 23.0 Å². The first-order valence-corrected chi connectivity index (χ1v) is 17.9. The molecule has 0 unspecified atom stereocenters. The molecule has 0 saturated carbocycles. The van der Waals surface area contributed by atoms with Gasteiger partial charge in [0.2, 0.25) is 0 Å². The van der Waals surface area contributed by atoms with Crippen LogP contribution in [0.25, 0.3) is 48.6 Å². The van der Waals surface area contributed by atoms with Crippen molar-refractivity contribution < 1.29 is 18.9 Å². The Morgan fingerprint density at radius 3 is 0.870 bits per heavy atom. The fraction of sp³-hybridized carbons (Fsp3) is 0.208. The van der Waals surface area contributed by atoms with E-state index in [0.29, 0.717) is 0 Å². The van der Waals surface area contributed by atoms with E-state index in [-0.39, 0.29) is 0 Å². The van der Waals surface area contributed by atoms with Gasteiger partial charge in [-0.3, -0.25) is 0 Å². The van der Waals surface area contributed by atoms with E-state index in [9.17, 15) is 0 Å². The van der Waals surface area contributed by atoms with Crippen LogP contribution in [0, 0.1) is 13.8 Å². The van der Waals surface area contributed by atoms with Crippen molar-refractivity contribution in [3.05, 3.63) is 141 Å². The summed E-state index contributed by atoms with van der Waals surface area (Å²) in [5, 5.41) is 0. The Bertz CT molecular complexity index is 2020. The highest BCUT2D eigenvalue weighted by Crippen LogP contribution is 2.34. The summed E-state index contributed by atoms with van der Waals surface area (Å²) < 4.78 is 23.2. The quantitative estimate of drug-likeness (QED) is 0.106. The van der Waals surface area contributed by atoms with E-state index in [1.165, 1.54) is 0 Å². The molecule has 0 amide bonds. The number of rotatable bonds is 14. The van der Waals surface area contributed by atoms with Crippen LogP contribution in [0.2, 0.25) is 0 Å². The summed E-state index contributed by atoms with van der Waals surface area (Å²) in [6, 6.07) is 29.4. The van der Waals surface area contributed by atoms with Crippen LogP contribution in [0.3, 0.4) is 0 Å². The normalized spacial score (nSPS) is 11.6. The van der Waals surface area contributed by atoms with Crippen LogP contribution in [0.5, 0.6) is 23.0 Å². The Balaban J connectivity index is 1.35. The van der Waals surface area contributed by atoms with Crippen molar-refractivity contribution in [1.82, 2.24) is 0 Å². The average Bonchev–Trinajstić information content (AvgIpc) is 3.18. The lowest BCUT2D eigenvalue weighted by molar-refractivity contribution is 0.401. The predicted octanol–water partition coefficient (Wildman–Crippen LogP) is 11.2. The number of aryl methyl sites for hydroxylation is 2. The van der Waals surface area contributed by atoms with Crippen LogP contribution >= 0.6 is 0 Å². The minimum Gasteiger partial charge on any atom is -0.496 e. The molecular weight excluding hydrogens is 669 g/mol. The molecule has 0 N–H and O–H groups in total. The molecule has 0 radical (unpaired) electrons. The van der Waals surface area contributed by atoms with Crippen molar-refractivity contribution in [2.45, 2.75) is 13.8 Å². The maximum atomic E-state index is 5.82. The topological polar surface area (TPSA) is 43.4 Å². The summed E-state index contributed by atoms with van der Waals surface area (Å²) in [4.78, 5) is 4.18. The molecule has 0 heterocycles. The lowest BCUT2D eigenvalue weighted by atomic mass is 9.97. The van der Waals surface area contributed by atoms with Gasteiger partial charge in [-0.05, 0) is 95.8 Å². The van der Waals surface area contributed by atoms with Gasteiger partial charge < -0.3 is 28.7 Å². The van der Waals surface area contributed by atoms with Crippen molar-refractivity contribution in [1.29, 1.82) is 0 Å². The van der Waals surface area contributed by atoms with Gasteiger partial charge in [0.05, 0.1) is 28.4 Å². The monoisotopic (exact) mass is 720 g/mol. The summed E-state index contributed by atoms with van der Waals surface area (Å²) in [6.07, 6.45) is 16.7. The molecule has 0 aliphatic carbocycles. The zero-order valence-corrected chi connectivity index (χ0v) is 33.2. The predicted molar refractivity (Wildman–Crippen MR) is 232 cm³/mol. The van der Waals surface area contributed by atoms with Gasteiger partial charge in [0.15, 0.2) is 0 Å². The summed E-state index contributed by atoms with van der Waals surface area (Å²) in [7, 11) is 14.9. The third-order valence-electron chi connectivity index (χ3n) is 9.43. The lowest BCUT2D eigenvalue weighted by Gasteiger charge is -2.13. The largest absolute Gasteiger partial charge is 0.496 e. The highest BCUT2D eigenvalue weighted by molar-refractivity contribution is 5.82. The number of anilines is 2. The van der Waals surface area contributed by atoms with E-state index < -0.39 is 0 Å². The first-order valence-electron chi connectivity index (χ1n) is 17.9. The zero-order chi connectivity index (χ0) is 38.8. The molecule has 6 heteroatoms. The van der Waals surface area contributed by atoms with E-state index in [4.69, 9.17) is 18.9 Å². The second kappa shape index (κ2) is 18.1. The second-order valence-electron chi connectivity index (χ2n) is 13.5. The maximum absolute atomic E-state index is 5.82. The van der Waals surface area contributed by atoms with Crippen molar-refractivity contribution in [2.75, 3.05) is 66.4 Å². The van der Waals surface area contributed by atoms with E-state index in [1.807, 2.05) is 52.5 Å².